The summed E-state index contributed by atoms with van der Waals surface area (Å²) in [4.78, 5) is 4.00. The van der Waals surface area contributed by atoms with E-state index in [9.17, 15) is 0 Å². The van der Waals surface area contributed by atoms with E-state index in [1.807, 2.05) is 24.5 Å². The lowest BCUT2D eigenvalue weighted by molar-refractivity contribution is 0.135. The largest absolute Gasteiger partial charge is 0.380 e. The summed E-state index contributed by atoms with van der Waals surface area (Å²) in [6, 6.07) is 4.42. The zero-order valence-corrected chi connectivity index (χ0v) is 9.57. The predicted octanol–water partition coefficient (Wildman–Crippen LogP) is 2.16. The molecule has 1 N–H and O–H groups in total. The Morgan fingerprint density at radius 3 is 2.73 bits per heavy atom. The molecule has 0 aliphatic heterocycles. The fourth-order valence-corrected chi connectivity index (χ4v) is 1.36. The predicted molar refractivity (Wildman–Crippen MR) is 61.8 cm³/mol. The molecule has 0 bridgehead atoms. The van der Waals surface area contributed by atoms with Crippen molar-refractivity contribution >= 4 is 0 Å². The molecule has 0 fully saturated rings. The number of hydrogen-bond acceptors (Lipinski definition) is 3. The average molecular weight is 208 g/mol. The quantitative estimate of drug-likeness (QED) is 0.697. The normalized spacial score (nSPS) is 12.7. The van der Waals surface area contributed by atoms with Crippen LogP contribution in [-0.4, -0.2) is 24.7 Å². The van der Waals surface area contributed by atoms with Gasteiger partial charge in [0, 0.05) is 31.6 Å². The van der Waals surface area contributed by atoms with Gasteiger partial charge in [-0.2, -0.15) is 0 Å². The van der Waals surface area contributed by atoms with Gasteiger partial charge in [0.1, 0.15) is 0 Å². The zero-order chi connectivity index (χ0) is 10.9. The molecule has 84 valence electrons. The first-order valence-corrected chi connectivity index (χ1v) is 5.55. The Morgan fingerprint density at radius 1 is 1.33 bits per heavy atom. The summed E-state index contributed by atoms with van der Waals surface area (Å²) in [5.74, 6) is 0. The monoisotopic (exact) mass is 208 g/mol. The summed E-state index contributed by atoms with van der Waals surface area (Å²) in [6.07, 6.45) is 4.72. The molecular weight excluding hydrogens is 188 g/mol. The maximum absolute atomic E-state index is 5.39. The van der Waals surface area contributed by atoms with E-state index < -0.39 is 0 Å². The average Bonchev–Trinajstić information content (AvgIpc) is 2.30. The molecule has 3 nitrogen and oxygen atoms in total. The van der Waals surface area contributed by atoms with Gasteiger partial charge in [-0.15, -0.1) is 0 Å². The summed E-state index contributed by atoms with van der Waals surface area (Å²) in [7, 11) is 0. The van der Waals surface area contributed by atoms with E-state index in [-0.39, 0.29) is 0 Å². The second-order valence-corrected chi connectivity index (χ2v) is 3.57. The lowest BCUT2D eigenvalue weighted by Crippen LogP contribution is -2.23. The van der Waals surface area contributed by atoms with Crippen LogP contribution < -0.4 is 5.32 Å². The van der Waals surface area contributed by atoms with E-state index in [2.05, 4.69) is 24.1 Å². The van der Waals surface area contributed by atoms with Gasteiger partial charge < -0.3 is 10.1 Å². The van der Waals surface area contributed by atoms with Crippen molar-refractivity contribution in [1.82, 2.24) is 10.3 Å². The molecule has 0 aliphatic rings. The molecule has 0 saturated heterocycles. The van der Waals surface area contributed by atoms with Crippen LogP contribution in [0.15, 0.2) is 24.5 Å². The van der Waals surface area contributed by atoms with Gasteiger partial charge in [0.25, 0.3) is 0 Å². The SMILES string of the molecule is CCCOCCNC(C)c1ccncc1. The van der Waals surface area contributed by atoms with Crippen LogP contribution in [0, 0.1) is 0 Å². The van der Waals surface area contributed by atoms with Crippen LogP contribution in [-0.2, 0) is 4.74 Å². The molecule has 1 unspecified atom stereocenters. The summed E-state index contributed by atoms with van der Waals surface area (Å²) in [6.45, 7) is 6.79. The minimum Gasteiger partial charge on any atom is -0.380 e. The highest BCUT2D eigenvalue weighted by Gasteiger charge is 2.02. The molecule has 0 aliphatic carbocycles. The maximum Gasteiger partial charge on any atom is 0.0591 e. The van der Waals surface area contributed by atoms with Gasteiger partial charge in [0.05, 0.1) is 6.61 Å². The number of nitrogens with one attached hydrogen (secondary N) is 1. The third-order valence-electron chi connectivity index (χ3n) is 2.25. The van der Waals surface area contributed by atoms with Crippen LogP contribution in [0.4, 0.5) is 0 Å². The van der Waals surface area contributed by atoms with Gasteiger partial charge in [-0.05, 0) is 31.0 Å². The van der Waals surface area contributed by atoms with Crippen molar-refractivity contribution in [3.63, 3.8) is 0 Å². The molecular formula is C12H20N2O. The molecule has 1 aromatic heterocycles. The highest BCUT2D eigenvalue weighted by molar-refractivity contribution is 5.13. The van der Waals surface area contributed by atoms with Gasteiger partial charge >= 0.3 is 0 Å². The first-order chi connectivity index (χ1) is 7.34. The summed E-state index contributed by atoms with van der Waals surface area (Å²) < 4.78 is 5.39. The number of aromatic nitrogens is 1. The molecule has 0 radical (unpaired) electrons. The fraction of sp³-hybridized carbons (Fsp3) is 0.583. The molecule has 1 heterocycles. The van der Waals surface area contributed by atoms with Crippen LogP contribution in [0.5, 0.6) is 0 Å². The van der Waals surface area contributed by atoms with Crippen molar-refractivity contribution in [3.8, 4) is 0 Å². The highest BCUT2D eigenvalue weighted by Crippen LogP contribution is 2.09. The topological polar surface area (TPSA) is 34.1 Å². The number of rotatable bonds is 7. The number of nitrogens with zero attached hydrogens (tertiary/aromatic N) is 1. The van der Waals surface area contributed by atoms with E-state index in [4.69, 9.17) is 4.74 Å². The molecule has 0 aromatic carbocycles. The summed E-state index contributed by atoms with van der Waals surface area (Å²) >= 11 is 0. The van der Waals surface area contributed by atoms with Crippen LogP contribution in [0.2, 0.25) is 0 Å². The Bertz CT molecular complexity index is 251. The van der Waals surface area contributed by atoms with Gasteiger partial charge in [0.15, 0.2) is 0 Å². The second kappa shape index (κ2) is 7.37. The van der Waals surface area contributed by atoms with E-state index in [1.54, 1.807) is 0 Å². The maximum atomic E-state index is 5.39. The molecule has 0 saturated carbocycles. The van der Waals surface area contributed by atoms with E-state index in [0.717, 1.165) is 26.2 Å². The van der Waals surface area contributed by atoms with Crippen LogP contribution in [0.3, 0.4) is 0 Å². The Hall–Kier alpha value is -0.930. The minimum atomic E-state index is 0.359. The molecule has 3 heteroatoms. The van der Waals surface area contributed by atoms with Crippen molar-refractivity contribution in [2.24, 2.45) is 0 Å². The van der Waals surface area contributed by atoms with E-state index >= 15 is 0 Å². The third kappa shape index (κ3) is 4.91. The lowest BCUT2D eigenvalue weighted by Gasteiger charge is -2.13. The Kier molecular flexibility index (Phi) is 5.97. The molecule has 1 rings (SSSR count). The van der Waals surface area contributed by atoms with Crippen molar-refractivity contribution in [3.05, 3.63) is 30.1 Å². The number of pyridine rings is 1. The molecule has 1 atom stereocenters. The summed E-state index contributed by atoms with van der Waals surface area (Å²) in [5, 5.41) is 3.41. The lowest BCUT2D eigenvalue weighted by atomic mass is 10.1. The Labute approximate surface area is 91.9 Å². The fourth-order valence-electron chi connectivity index (χ4n) is 1.36. The van der Waals surface area contributed by atoms with Gasteiger partial charge in [-0.25, -0.2) is 0 Å². The van der Waals surface area contributed by atoms with Gasteiger partial charge in [0.2, 0.25) is 0 Å². The zero-order valence-electron chi connectivity index (χ0n) is 9.57. The molecule has 15 heavy (non-hydrogen) atoms. The Morgan fingerprint density at radius 2 is 2.07 bits per heavy atom. The van der Waals surface area contributed by atoms with Crippen molar-refractivity contribution < 1.29 is 4.74 Å². The first-order valence-electron chi connectivity index (χ1n) is 5.55. The highest BCUT2D eigenvalue weighted by atomic mass is 16.5. The minimum absolute atomic E-state index is 0.359. The first kappa shape index (κ1) is 12.1. The van der Waals surface area contributed by atoms with Crippen molar-refractivity contribution in [1.29, 1.82) is 0 Å². The van der Waals surface area contributed by atoms with Crippen molar-refractivity contribution in [2.45, 2.75) is 26.3 Å². The van der Waals surface area contributed by atoms with Crippen LogP contribution >= 0.6 is 0 Å². The number of hydrogen-bond donors (Lipinski definition) is 1. The molecule has 1 aromatic rings. The second-order valence-electron chi connectivity index (χ2n) is 3.57. The molecule has 0 amide bonds. The smallest absolute Gasteiger partial charge is 0.0591 e. The van der Waals surface area contributed by atoms with Crippen LogP contribution in [0.1, 0.15) is 31.9 Å². The van der Waals surface area contributed by atoms with E-state index in [0.29, 0.717) is 6.04 Å². The number of ether oxygens (including phenoxy) is 1. The van der Waals surface area contributed by atoms with Gasteiger partial charge in [-0.3, -0.25) is 4.98 Å². The molecule has 0 spiro atoms. The third-order valence-corrected chi connectivity index (χ3v) is 2.25. The standard InChI is InChI=1S/C12H20N2O/c1-3-9-15-10-8-14-11(2)12-4-6-13-7-5-12/h4-7,11,14H,3,8-10H2,1-2H3. The Balaban J connectivity index is 2.16. The van der Waals surface area contributed by atoms with E-state index in [1.165, 1.54) is 5.56 Å². The van der Waals surface area contributed by atoms with Crippen LogP contribution in [0.25, 0.3) is 0 Å². The summed E-state index contributed by atoms with van der Waals surface area (Å²) in [5.41, 5.74) is 1.26. The van der Waals surface area contributed by atoms with Gasteiger partial charge in [-0.1, -0.05) is 6.92 Å². The van der Waals surface area contributed by atoms with Crippen molar-refractivity contribution in [2.75, 3.05) is 19.8 Å².